The third-order valence-corrected chi connectivity index (χ3v) is 3.32. The van der Waals surface area contributed by atoms with Gasteiger partial charge in [0, 0.05) is 6.42 Å². The van der Waals surface area contributed by atoms with Gasteiger partial charge in [0.05, 0.1) is 12.6 Å². The zero-order valence-corrected chi connectivity index (χ0v) is 12.9. The van der Waals surface area contributed by atoms with E-state index in [1.165, 1.54) is 25.0 Å². The summed E-state index contributed by atoms with van der Waals surface area (Å²) in [6.45, 7) is 13.5. The highest BCUT2D eigenvalue weighted by molar-refractivity contribution is 5.07. The second-order valence-corrected chi connectivity index (χ2v) is 6.86. The van der Waals surface area contributed by atoms with Gasteiger partial charge in [-0.2, -0.15) is 0 Å². The lowest BCUT2D eigenvalue weighted by molar-refractivity contribution is 0.196. The van der Waals surface area contributed by atoms with Crippen LogP contribution in [0.4, 0.5) is 0 Å². The summed E-state index contributed by atoms with van der Waals surface area (Å²) in [6, 6.07) is 0.421. The van der Waals surface area contributed by atoms with Crippen LogP contribution in [0.5, 0.6) is 0 Å². The van der Waals surface area contributed by atoms with Gasteiger partial charge in [-0.15, -0.1) is 0 Å². The molecule has 2 heteroatoms. The van der Waals surface area contributed by atoms with Gasteiger partial charge in [0.2, 0.25) is 0 Å². The Morgan fingerprint density at radius 3 is 2.61 bits per heavy atom. The maximum atomic E-state index is 5.74. The minimum absolute atomic E-state index is 0.416. The highest BCUT2D eigenvalue weighted by Gasteiger charge is 2.23. The van der Waals surface area contributed by atoms with Crippen molar-refractivity contribution < 1.29 is 4.74 Å². The van der Waals surface area contributed by atoms with E-state index in [0.29, 0.717) is 11.5 Å². The van der Waals surface area contributed by atoms with Gasteiger partial charge < -0.3 is 10.1 Å². The van der Waals surface area contributed by atoms with Crippen molar-refractivity contribution in [1.82, 2.24) is 5.32 Å². The molecule has 1 heterocycles. The molecule has 0 aromatic carbocycles. The van der Waals surface area contributed by atoms with E-state index in [4.69, 9.17) is 4.74 Å². The average molecular weight is 253 g/mol. The van der Waals surface area contributed by atoms with Crippen molar-refractivity contribution in [2.75, 3.05) is 13.2 Å². The average Bonchev–Trinajstić information content (AvgIpc) is 2.74. The van der Waals surface area contributed by atoms with Gasteiger partial charge in [0.25, 0.3) is 0 Å². The summed E-state index contributed by atoms with van der Waals surface area (Å²) in [5.41, 5.74) is 0.416. The Kier molecular flexibility index (Phi) is 6.20. The summed E-state index contributed by atoms with van der Waals surface area (Å²) in [5, 5.41) is 3.63. The standard InChI is InChI=1S/C16H31NO/c1-6-9-17-14(15-8-7-10-18-15)11-13(2)12-16(3,4)5/h8,13-14,17H,6-7,9-12H2,1-5H3. The Morgan fingerprint density at radius 1 is 1.39 bits per heavy atom. The zero-order chi connectivity index (χ0) is 13.6. The monoisotopic (exact) mass is 253 g/mol. The molecular weight excluding hydrogens is 222 g/mol. The first-order chi connectivity index (χ1) is 8.42. The summed E-state index contributed by atoms with van der Waals surface area (Å²) in [7, 11) is 0. The molecule has 1 aliphatic rings. The van der Waals surface area contributed by atoms with Crippen molar-refractivity contribution in [2.45, 2.75) is 66.3 Å². The van der Waals surface area contributed by atoms with Gasteiger partial charge in [0.15, 0.2) is 0 Å². The SMILES string of the molecule is CCCNC(CC(C)CC(C)(C)C)C1=CCCO1. The molecule has 106 valence electrons. The maximum Gasteiger partial charge on any atom is 0.109 e. The molecule has 0 aromatic rings. The molecule has 2 nitrogen and oxygen atoms in total. The van der Waals surface area contributed by atoms with E-state index in [1.54, 1.807) is 0 Å². The molecule has 0 fully saturated rings. The second kappa shape index (κ2) is 7.18. The lowest BCUT2D eigenvalue weighted by Gasteiger charge is -2.27. The molecule has 2 atom stereocenters. The fraction of sp³-hybridized carbons (Fsp3) is 0.875. The Bertz CT molecular complexity index is 265. The number of hydrogen-bond acceptors (Lipinski definition) is 2. The van der Waals surface area contributed by atoms with Crippen LogP contribution in [-0.4, -0.2) is 19.2 Å². The zero-order valence-electron chi connectivity index (χ0n) is 12.9. The highest BCUT2D eigenvalue weighted by atomic mass is 16.5. The molecule has 1 rings (SSSR count). The molecule has 2 unspecified atom stereocenters. The first-order valence-electron chi connectivity index (χ1n) is 7.48. The quantitative estimate of drug-likeness (QED) is 0.737. The number of nitrogens with one attached hydrogen (secondary N) is 1. The molecule has 0 aromatic heterocycles. The van der Waals surface area contributed by atoms with E-state index in [2.05, 4.69) is 46.0 Å². The number of hydrogen-bond donors (Lipinski definition) is 1. The van der Waals surface area contributed by atoms with Gasteiger partial charge in [0.1, 0.15) is 5.76 Å². The van der Waals surface area contributed by atoms with Gasteiger partial charge in [-0.25, -0.2) is 0 Å². The van der Waals surface area contributed by atoms with E-state index < -0.39 is 0 Å². The first kappa shape index (κ1) is 15.6. The van der Waals surface area contributed by atoms with Crippen molar-refractivity contribution in [1.29, 1.82) is 0 Å². The number of ether oxygens (including phenoxy) is 1. The predicted molar refractivity (Wildman–Crippen MR) is 78.6 cm³/mol. The van der Waals surface area contributed by atoms with Crippen LogP contribution in [0.25, 0.3) is 0 Å². The van der Waals surface area contributed by atoms with Gasteiger partial charge in [-0.05, 0) is 43.2 Å². The fourth-order valence-electron chi connectivity index (χ4n) is 2.83. The Morgan fingerprint density at radius 2 is 2.11 bits per heavy atom. The van der Waals surface area contributed by atoms with E-state index in [9.17, 15) is 0 Å². The smallest absolute Gasteiger partial charge is 0.109 e. The predicted octanol–water partition coefficient (Wildman–Crippen LogP) is 4.12. The molecule has 1 N–H and O–H groups in total. The van der Waals surface area contributed by atoms with E-state index >= 15 is 0 Å². The summed E-state index contributed by atoms with van der Waals surface area (Å²) in [4.78, 5) is 0. The van der Waals surface area contributed by atoms with Crippen LogP contribution < -0.4 is 5.32 Å². The normalized spacial score (nSPS) is 19.3. The molecule has 1 aliphatic heterocycles. The lowest BCUT2D eigenvalue weighted by Crippen LogP contribution is -2.34. The molecule has 0 aliphatic carbocycles. The van der Waals surface area contributed by atoms with Gasteiger partial charge in [-0.1, -0.05) is 34.6 Å². The van der Waals surface area contributed by atoms with E-state index in [0.717, 1.165) is 25.5 Å². The van der Waals surface area contributed by atoms with Crippen LogP contribution in [0.15, 0.2) is 11.8 Å². The van der Waals surface area contributed by atoms with Crippen LogP contribution in [0.2, 0.25) is 0 Å². The third-order valence-electron chi connectivity index (χ3n) is 3.32. The van der Waals surface area contributed by atoms with Crippen LogP contribution in [0, 0.1) is 11.3 Å². The Balaban J connectivity index is 2.49. The molecular formula is C16H31NO. The molecule has 0 amide bonds. The topological polar surface area (TPSA) is 21.3 Å². The Hall–Kier alpha value is -0.500. The van der Waals surface area contributed by atoms with Crippen LogP contribution in [0.1, 0.15) is 60.3 Å². The van der Waals surface area contributed by atoms with Crippen LogP contribution in [-0.2, 0) is 4.74 Å². The minimum Gasteiger partial charge on any atom is -0.496 e. The van der Waals surface area contributed by atoms with Crippen molar-refractivity contribution in [3.05, 3.63) is 11.8 Å². The van der Waals surface area contributed by atoms with Gasteiger partial charge >= 0.3 is 0 Å². The molecule has 0 saturated carbocycles. The summed E-state index contributed by atoms with van der Waals surface area (Å²) >= 11 is 0. The first-order valence-corrected chi connectivity index (χ1v) is 7.48. The van der Waals surface area contributed by atoms with Crippen molar-refractivity contribution >= 4 is 0 Å². The molecule has 0 radical (unpaired) electrons. The lowest BCUT2D eigenvalue weighted by atomic mass is 9.82. The van der Waals surface area contributed by atoms with Gasteiger partial charge in [-0.3, -0.25) is 0 Å². The van der Waals surface area contributed by atoms with E-state index in [-0.39, 0.29) is 0 Å². The van der Waals surface area contributed by atoms with Crippen molar-refractivity contribution in [3.63, 3.8) is 0 Å². The summed E-state index contributed by atoms with van der Waals surface area (Å²) in [6.07, 6.45) is 6.97. The molecule has 0 bridgehead atoms. The third kappa shape index (κ3) is 5.90. The maximum absolute atomic E-state index is 5.74. The highest BCUT2D eigenvalue weighted by Crippen LogP contribution is 2.28. The van der Waals surface area contributed by atoms with Crippen molar-refractivity contribution in [3.8, 4) is 0 Å². The van der Waals surface area contributed by atoms with Crippen molar-refractivity contribution in [2.24, 2.45) is 11.3 Å². The summed E-state index contributed by atoms with van der Waals surface area (Å²) in [5.74, 6) is 1.91. The largest absolute Gasteiger partial charge is 0.496 e. The molecule has 0 spiro atoms. The van der Waals surface area contributed by atoms with E-state index in [1.807, 2.05) is 0 Å². The minimum atomic E-state index is 0.416. The van der Waals surface area contributed by atoms with Crippen LogP contribution in [0.3, 0.4) is 0 Å². The number of rotatable bonds is 7. The molecule has 0 saturated heterocycles. The second-order valence-electron chi connectivity index (χ2n) is 6.86. The molecule has 18 heavy (non-hydrogen) atoms. The fourth-order valence-corrected chi connectivity index (χ4v) is 2.83. The summed E-state index contributed by atoms with van der Waals surface area (Å²) < 4.78 is 5.74. The van der Waals surface area contributed by atoms with Crippen LogP contribution >= 0.6 is 0 Å². The Labute approximate surface area is 113 Å².